The van der Waals surface area contributed by atoms with Gasteiger partial charge in [0.1, 0.15) is 5.82 Å². The molecule has 1 N–H and O–H groups in total. The largest absolute Gasteiger partial charge is 0.481 e. The Morgan fingerprint density at radius 1 is 1.26 bits per heavy atom. The van der Waals surface area contributed by atoms with Crippen molar-refractivity contribution in [3.05, 3.63) is 41.6 Å². The quantitative estimate of drug-likeness (QED) is 0.926. The summed E-state index contributed by atoms with van der Waals surface area (Å²) in [7, 11) is 0. The van der Waals surface area contributed by atoms with Gasteiger partial charge in [0.15, 0.2) is 0 Å². The lowest BCUT2D eigenvalue weighted by molar-refractivity contribution is -0.142. The number of hydrogen-bond acceptors (Lipinski definition) is 3. The van der Waals surface area contributed by atoms with E-state index in [1.54, 1.807) is 0 Å². The Morgan fingerprint density at radius 2 is 2.04 bits per heavy atom. The molecule has 1 saturated heterocycles. The Labute approximate surface area is 135 Å². The van der Waals surface area contributed by atoms with E-state index >= 15 is 0 Å². The fourth-order valence-electron chi connectivity index (χ4n) is 4.08. The van der Waals surface area contributed by atoms with Crippen LogP contribution >= 0.6 is 0 Å². The van der Waals surface area contributed by atoms with Gasteiger partial charge in [0, 0.05) is 18.2 Å². The van der Waals surface area contributed by atoms with Crippen molar-refractivity contribution >= 4 is 11.8 Å². The average molecular weight is 311 g/mol. The highest BCUT2D eigenvalue weighted by Gasteiger charge is 2.42. The van der Waals surface area contributed by atoms with Crippen molar-refractivity contribution in [3.8, 4) is 5.69 Å². The van der Waals surface area contributed by atoms with Crippen LogP contribution in [0.5, 0.6) is 0 Å². The molecule has 23 heavy (non-hydrogen) atoms. The first-order valence-corrected chi connectivity index (χ1v) is 8.30. The second-order valence-electron chi connectivity index (χ2n) is 6.54. The van der Waals surface area contributed by atoms with Gasteiger partial charge in [-0.05, 0) is 44.7 Å². The summed E-state index contributed by atoms with van der Waals surface area (Å²) in [6, 6.07) is 10.2. The number of carboxylic acids is 1. The zero-order chi connectivity index (χ0) is 16.0. The van der Waals surface area contributed by atoms with E-state index in [2.05, 4.69) is 17.0 Å². The summed E-state index contributed by atoms with van der Waals surface area (Å²) in [5, 5.41) is 14.4. The molecule has 5 nitrogen and oxygen atoms in total. The number of carboxylic acid groups (broad SMARTS) is 1. The van der Waals surface area contributed by atoms with Crippen LogP contribution in [0.2, 0.25) is 0 Å². The van der Waals surface area contributed by atoms with Crippen LogP contribution in [0.4, 0.5) is 5.82 Å². The van der Waals surface area contributed by atoms with Gasteiger partial charge in [0.2, 0.25) is 0 Å². The van der Waals surface area contributed by atoms with Crippen molar-refractivity contribution in [1.82, 2.24) is 9.78 Å². The standard InChI is InChI=1S/C18H21N3O2/c1-12-14-11-15(18(22)23)16-9-5-6-10-20(16)17(14)21(19-12)13-7-3-2-4-8-13/h2-4,7-8,15-16H,5-6,9-11H2,1H3,(H,22,23)/t15?,16-/m1/s1. The van der Waals surface area contributed by atoms with Crippen molar-refractivity contribution in [3.63, 3.8) is 0 Å². The number of carbonyl (C=O) groups is 1. The number of aryl methyl sites for hydroxylation is 1. The number of nitrogens with zero attached hydrogens (tertiary/aromatic N) is 3. The van der Waals surface area contributed by atoms with E-state index in [4.69, 9.17) is 5.10 Å². The summed E-state index contributed by atoms with van der Waals surface area (Å²) in [5.74, 6) is 0.102. The zero-order valence-electron chi connectivity index (χ0n) is 13.3. The van der Waals surface area contributed by atoms with Gasteiger partial charge in [0.05, 0.1) is 17.3 Å². The van der Waals surface area contributed by atoms with Crippen molar-refractivity contribution in [1.29, 1.82) is 0 Å². The van der Waals surface area contributed by atoms with Crippen LogP contribution < -0.4 is 4.90 Å². The summed E-state index contributed by atoms with van der Waals surface area (Å²) >= 11 is 0. The lowest BCUT2D eigenvalue weighted by Crippen LogP contribution is -2.51. The highest BCUT2D eigenvalue weighted by molar-refractivity contribution is 5.75. The molecule has 120 valence electrons. The Morgan fingerprint density at radius 3 is 2.78 bits per heavy atom. The van der Waals surface area contributed by atoms with Crippen molar-refractivity contribution in [2.24, 2.45) is 5.92 Å². The predicted molar refractivity (Wildman–Crippen MR) is 88.1 cm³/mol. The number of para-hydroxylation sites is 1. The molecule has 0 radical (unpaired) electrons. The maximum Gasteiger partial charge on any atom is 0.308 e. The normalized spacial score (nSPS) is 23.3. The topological polar surface area (TPSA) is 58.4 Å². The van der Waals surface area contributed by atoms with Gasteiger partial charge < -0.3 is 10.0 Å². The van der Waals surface area contributed by atoms with E-state index in [-0.39, 0.29) is 12.0 Å². The predicted octanol–water partition coefficient (Wildman–Crippen LogP) is 2.80. The van der Waals surface area contributed by atoms with Gasteiger partial charge >= 0.3 is 5.97 Å². The summed E-state index contributed by atoms with van der Waals surface area (Å²) in [6.45, 7) is 2.90. The number of benzene rings is 1. The van der Waals surface area contributed by atoms with Crippen molar-refractivity contribution in [2.45, 2.75) is 38.6 Å². The molecule has 1 aromatic carbocycles. The first-order valence-electron chi connectivity index (χ1n) is 8.30. The van der Waals surface area contributed by atoms with Crippen LogP contribution in [0.25, 0.3) is 5.69 Å². The summed E-state index contributed by atoms with van der Waals surface area (Å²) in [6.07, 6.45) is 3.76. The minimum absolute atomic E-state index is 0.0901. The second-order valence-corrected chi connectivity index (χ2v) is 6.54. The molecular weight excluding hydrogens is 290 g/mol. The molecule has 2 aliphatic rings. The summed E-state index contributed by atoms with van der Waals surface area (Å²) in [4.78, 5) is 14.1. The monoisotopic (exact) mass is 311 g/mol. The smallest absolute Gasteiger partial charge is 0.308 e. The number of rotatable bonds is 2. The molecule has 5 heteroatoms. The highest BCUT2D eigenvalue weighted by atomic mass is 16.4. The molecule has 0 aliphatic carbocycles. The Bertz CT molecular complexity index is 738. The van der Waals surface area contributed by atoms with E-state index in [1.165, 1.54) is 0 Å². The van der Waals surface area contributed by atoms with E-state index < -0.39 is 5.97 Å². The Kier molecular flexibility index (Phi) is 3.36. The first-order chi connectivity index (χ1) is 11.2. The van der Waals surface area contributed by atoms with Crippen LogP contribution in [0.3, 0.4) is 0 Å². The van der Waals surface area contributed by atoms with E-state index in [1.807, 2.05) is 29.8 Å². The molecule has 2 aromatic rings. The summed E-state index contributed by atoms with van der Waals surface area (Å²) < 4.78 is 2.00. The van der Waals surface area contributed by atoms with Gasteiger partial charge in [-0.3, -0.25) is 4.79 Å². The van der Waals surface area contributed by atoms with Gasteiger partial charge in [-0.2, -0.15) is 5.10 Å². The first kappa shape index (κ1) is 14.3. The van der Waals surface area contributed by atoms with Crippen LogP contribution in [0.15, 0.2) is 30.3 Å². The number of anilines is 1. The van der Waals surface area contributed by atoms with Crippen LogP contribution in [0.1, 0.15) is 30.5 Å². The Balaban J connectivity index is 1.87. The third kappa shape index (κ3) is 2.22. The minimum atomic E-state index is -0.681. The second kappa shape index (κ2) is 5.41. The zero-order valence-corrected chi connectivity index (χ0v) is 13.3. The lowest BCUT2D eigenvalue weighted by Gasteiger charge is -2.44. The molecule has 4 rings (SSSR count). The molecule has 3 heterocycles. The minimum Gasteiger partial charge on any atom is -0.481 e. The number of aliphatic carboxylic acids is 1. The molecule has 0 saturated carbocycles. The number of fused-ring (bicyclic) bond motifs is 3. The number of hydrogen-bond donors (Lipinski definition) is 1. The maximum absolute atomic E-state index is 11.8. The van der Waals surface area contributed by atoms with Crippen LogP contribution in [-0.2, 0) is 11.2 Å². The van der Waals surface area contributed by atoms with E-state index in [0.29, 0.717) is 6.42 Å². The van der Waals surface area contributed by atoms with Gasteiger partial charge in [0.25, 0.3) is 0 Å². The fourth-order valence-corrected chi connectivity index (χ4v) is 4.08. The van der Waals surface area contributed by atoms with Crippen LogP contribution in [0, 0.1) is 12.8 Å². The lowest BCUT2D eigenvalue weighted by atomic mass is 9.82. The third-order valence-electron chi connectivity index (χ3n) is 5.19. The van der Waals surface area contributed by atoms with Gasteiger partial charge in [-0.15, -0.1) is 0 Å². The molecular formula is C18H21N3O2. The SMILES string of the molecule is Cc1nn(-c2ccccc2)c2c1CC(C(=O)O)[C@H]1CCCCN21. The molecule has 0 spiro atoms. The van der Waals surface area contributed by atoms with Gasteiger partial charge in [-0.25, -0.2) is 4.68 Å². The molecule has 0 amide bonds. The molecule has 1 fully saturated rings. The molecule has 1 unspecified atom stereocenters. The number of piperidine rings is 1. The fraction of sp³-hybridized carbons (Fsp3) is 0.444. The van der Waals surface area contributed by atoms with Gasteiger partial charge in [-0.1, -0.05) is 18.2 Å². The van der Waals surface area contributed by atoms with Crippen LogP contribution in [-0.4, -0.2) is 33.4 Å². The van der Waals surface area contributed by atoms with E-state index in [9.17, 15) is 9.90 Å². The molecule has 2 aliphatic heterocycles. The Hall–Kier alpha value is -2.30. The maximum atomic E-state index is 11.8. The van der Waals surface area contributed by atoms with E-state index in [0.717, 1.165) is 48.6 Å². The molecule has 2 atom stereocenters. The number of aromatic nitrogens is 2. The summed E-state index contributed by atoms with van der Waals surface area (Å²) in [5.41, 5.74) is 3.08. The van der Waals surface area contributed by atoms with Crippen molar-refractivity contribution in [2.75, 3.05) is 11.4 Å². The van der Waals surface area contributed by atoms with Crippen molar-refractivity contribution < 1.29 is 9.90 Å². The highest BCUT2D eigenvalue weighted by Crippen LogP contribution is 2.41. The molecule has 1 aromatic heterocycles. The third-order valence-corrected chi connectivity index (χ3v) is 5.19. The average Bonchev–Trinajstić information content (AvgIpc) is 2.92. The molecule has 0 bridgehead atoms.